The van der Waals surface area contributed by atoms with Gasteiger partial charge in [0, 0.05) is 5.75 Å². The van der Waals surface area contributed by atoms with Crippen molar-refractivity contribution >= 4 is 23.8 Å². The van der Waals surface area contributed by atoms with Gasteiger partial charge in [-0.2, -0.15) is 4.98 Å². The van der Waals surface area contributed by atoms with Crippen LogP contribution in [0.4, 0.5) is 10.7 Å². The molecule has 7 nitrogen and oxygen atoms in total. The van der Waals surface area contributed by atoms with E-state index in [0.29, 0.717) is 17.5 Å². The van der Waals surface area contributed by atoms with Gasteiger partial charge in [0.15, 0.2) is 0 Å². The van der Waals surface area contributed by atoms with Crippen LogP contribution in [0.25, 0.3) is 0 Å². The van der Waals surface area contributed by atoms with Gasteiger partial charge in [0.25, 0.3) is 0 Å². The van der Waals surface area contributed by atoms with E-state index in [-0.39, 0.29) is 18.1 Å². The van der Waals surface area contributed by atoms with Crippen molar-refractivity contribution in [1.29, 1.82) is 0 Å². The number of carbonyl (C=O) groups excluding carboxylic acids is 1. The summed E-state index contributed by atoms with van der Waals surface area (Å²) in [6, 6.07) is 0. The summed E-state index contributed by atoms with van der Waals surface area (Å²) < 4.78 is 4.92. The first kappa shape index (κ1) is 9.13. The van der Waals surface area contributed by atoms with E-state index in [0.717, 1.165) is 0 Å². The molecule has 8 heteroatoms. The Morgan fingerprint density at radius 2 is 2.57 bits per heavy atom. The predicted octanol–water partition coefficient (Wildman–Crippen LogP) is -0.413. The Morgan fingerprint density at radius 3 is 3.14 bits per heavy atom. The number of H-pyrrole nitrogens is 1. The number of aromatic amines is 1. The van der Waals surface area contributed by atoms with Crippen molar-refractivity contribution in [2.75, 3.05) is 18.0 Å². The van der Waals surface area contributed by atoms with Gasteiger partial charge >= 0.3 is 6.09 Å². The molecule has 1 fully saturated rings. The number of nitrogens with two attached hydrogens (primary N) is 1. The number of carbonyl (C=O) groups is 1. The zero-order chi connectivity index (χ0) is 9.97. The summed E-state index contributed by atoms with van der Waals surface area (Å²) in [6.07, 6.45) is -0.489. The van der Waals surface area contributed by atoms with Gasteiger partial charge in [0.1, 0.15) is 6.10 Å². The molecule has 14 heavy (non-hydrogen) atoms. The largest absolute Gasteiger partial charge is 0.443 e. The number of ether oxygens (including phenoxy) is 1. The lowest BCUT2D eigenvalue weighted by Gasteiger charge is -2.03. The molecule has 1 unspecified atom stereocenters. The number of thioether (sulfide) groups is 1. The fraction of sp³-hybridized carbons (Fsp3) is 0.500. The van der Waals surface area contributed by atoms with Gasteiger partial charge in [0.2, 0.25) is 11.1 Å². The minimum absolute atomic E-state index is 0.118. The molecule has 1 aliphatic heterocycles. The summed E-state index contributed by atoms with van der Waals surface area (Å²) in [7, 11) is 0. The van der Waals surface area contributed by atoms with Crippen molar-refractivity contribution in [2.45, 2.75) is 11.3 Å². The van der Waals surface area contributed by atoms with Gasteiger partial charge in [-0.05, 0) is 0 Å². The number of nitrogens with zero attached hydrogens (tertiary/aromatic N) is 2. The minimum Gasteiger partial charge on any atom is -0.443 e. The van der Waals surface area contributed by atoms with Crippen LogP contribution in [0.5, 0.6) is 0 Å². The SMILES string of the molecule is Nc1nc(SCC2CNC(=O)O2)n[nH]1. The number of amides is 1. The molecule has 0 saturated carbocycles. The molecule has 2 heterocycles. The second-order valence-corrected chi connectivity index (χ2v) is 3.71. The second-order valence-electron chi connectivity index (χ2n) is 2.72. The fourth-order valence-corrected chi connectivity index (χ4v) is 1.81. The number of alkyl carbamates (subject to hydrolysis) is 1. The number of aromatic nitrogens is 3. The van der Waals surface area contributed by atoms with Crippen molar-refractivity contribution in [2.24, 2.45) is 0 Å². The molecular weight excluding hydrogens is 206 g/mol. The smallest absolute Gasteiger partial charge is 0.407 e. The van der Waals surface area contributed by atoms with E-state index < -0.39 is 0 Å². The van der Waals surface area contributed by atoms with E-state index in [1.54, 1.807) is 0 Å². The highest BCUT2D eigenvalue weighted by atomic mass is 32.2. The highest BCUT2D eigenvalue weighted by molar-refractivity contribution is 7.99. The van der Waals surface area contributed by atoms with Crippen LogP contribution in [0.1, 0.15) is 0 Å². The lowest BCUT2D eigenvalue weighted by molar-refractivity contribution is 0.150. The normalized spacial score (nSPS) is 20.6. The van der Waals surface area contributed by atoms with Crippen LogP contribution in [-0.2, 0) is 4.74 Å². The average molecular weight is 215 g/mol. The topological polar surface area (TPSA) is 106 Å². The highest BCUT2D eigenvalue weighted by Gasteiger charge is 2.22. The molecule has 0 radical (unpaired) electrons. The first-order valence-electron chi connectivity index (χ1n) is 3.99. The summed E-state index contributed by atoms with van der Waals surface area (Å²) in [6.45, 7) is 0.533. The number of anilines is 1. The van der Waals surface area contributed by atoms with Crippen LogP contribution in [0.3, 0.4) is 0 Å². The van der Waals surface area contributed by atoms with Gasteiger partial charge in [0.05, 0.1) is 6.54 Å². The zero-order valence-electron chi connectivity index (χ0n) is 7.19. The zero-order valence-corrected chi connectivity index (χ0v) is 8.00. The molecule has 0 spiro atoms. The third-order valence-electron chi connectivity index (χ3n) is 1.63. The molecular formula is C6H9N5O2S. The minimum atomic E-state index is -0.370. The van der Waals surface area contributed by atoms with Crippen LogP contribution in [0.2, 0.25) is 0 Å². The van der Waals surface area contributed by atoms with Crippen LogP contribution in [0, 0.1) is 0 Å². The maximum atomic E-state index is 10.7. The number of nitrogen functional groups attached to an aromatic ring is 1. The van der Waals surface area contributed by atoms with Crippen LogP contribution < -0.4 is 11.1 Å². The molecule has 2 rings (SSSR count). The average Bonchev–Trinajstić information content (AvgIpc) is 2.72. The summed E-state index contributed by atoms with van der Waals surface area (Å²) in [5.41, 5.74) is 5.34. The van der Waals surface area contributed by atoms with Gasteiger partial charge in [-0.15, -0.1) is 5.10 Å². The summed E-state index contributed by atoms with van der Waals surface area (Å²) in [5.74, 6) is 0.907. The maximum Gasteiger partial charge on any atom is 0.407 e. The Labute approximate surface area is 83.8 Å². The number of cyclic esters (lactones) is 1. The number of nitrogens with one attached hydrogen (secondary N) is 2. The van der Waals surface area contributed by atoms with Gasteiger partial charge < -0.3 is 15.8 Å². The van der Waals surface area contributed by atoms with Crippen LogP contribution >= 0.6 is 11.8 Å². The number of rotatable bonds is 3. The van der Waals surface area contributed by atoms with Crippen molar-refractivity contribution in [3.05, 3.63) is 0 Å². The van der Waals surface area contributed by atoms with E-state index >= 15 is 0 Å². The van der Waals surface area contributed by atoms with Crippen molar-refractivity contribution in [1.82, 2.24) is 20.5 Å². The third kappa shape index (κ3) is 2.08. The fourth-order valence-electron chi connectivity index (χ4n) is 1.01. The lowest BCUT2D eigenvalue weighted by atomic mass is 10.4. The first-order chi connectivity index (χ1) is 6.74. The standard InChI is InChI=1S/C6H9N5O2S/c7-4-9-5(11-10-4)14-2-3-1-8-6(12)13-3/h3H,1-2H2,(H,8,12)(H3,7,9,10,11). The Balaban J connectivity index is 1.80. The first-order valence-corrected chi connectivity index (χ1v) is 4.98. The lowest BCUT2D eigenvalue weighted by Crippen LogP contribution is -2.16. The molecule has 1 saturated heterocycles. The molecule has 76 valence electrons. The van der Waals surface area contributed by atoms with E-state index in [4.69, 9.17) is 10.5 Å². The third-order valence-corrected chi connectivity index (χ3v) is 2.61. The molecule has 0 bridgehead atoms. The van der Waals surface area contributed by atoms with Crippen molar-refractivity contribution < 1.29 is 9.53 Å². The number of hydrogen-bond acceptors (Lipinski definition) is 6. The molecule has 4 N–H and O–H groups in total. The second kappa shape index (κ2) is 3.74. The van der Waals surface area contributed by atoms with E-state index in [1.165, 1.54) is 11.8 Å². The van der Waals surface area contributed by atoms with E-state index in [9.17, 15) is 4.79 Å². The highest BCUT2D eigenvalue weighted by Crippen LogP contribution is 2.16. The molecule has 1 aliphatic rings. The van der Waals surface area contributed by atoms with Crippen LogP contribution in [0.15, 0.2) is 5.16 Å². The van der Waals surface area contributed by atoms with E-state index in [1.807, 2.05) is 0 Å². The predicted molar refractivity (Wildman–Crippen MR) is 49.8 cm³/mol. The quantitative estimate of drug-likeness (QED) is 0.592. The van der Waals surface area contributed by atoms with Crippen molar-refractivity contribution in [3.63, 3.8) is 0 Å². The Bertz CT molecular complexity index is 341. The van der Waals surface area contributed by atoms with E-state index in [2.05, 4.69) is 20.5 Å². The molecule has 1 amide bonds. The Kier molecular flexibility index (Phi) is 2.44. The summed E-state index contributed by atoms with van der Waals surface area (Å²) in [5, 5.41) is 9.49. The summed E-state index contributed by atoms with van der Waals surface area (Å²) >= 11 is 1.39. The molecule has 1 aromatic heterocycles. The molecule has 0 aliphatic carbocycles. The number of hydrogen-bond donors (Lipinski definition) is 3. The molecule has 1 atom stereocenters. The van der Waals surface area contributed by atoms with Gasteiger partial charge in [-0.25, -0.2) is 9.89 Å². The molecule has 0 aromatic carbocycles. The monoisotopic (exact) mass is 215 g/mol. The van der Waals surface area contributed by atoms with Crippen molar-refractivity contribution in [3.8, 4) is 0 Å². The maximum absolute atomic E-state index is 10.7. The molecule has 1 aromatic rings. The Hall–Kier alpha value is -1.44. The van der Waals surface area contributed by atoms with Crippen LogP contribution in [-0.4, -0.2) is 39.7 Å². The summed E-state index contributed by atoms with van der Waals surface area (Å²) in [4.78, 5) is 14.6. The van der Waals surface area contributed by atoms with Gasteiger partial charge in [-0.1, -0.05) is 11.8 Å². The van der Waals surface area contributed by atoms with Gasteiger partial charge in [-0.3, -0.25) is 0 Å². The Morgan fingerprint density at radius 1 is 1.71 bits per heavy atom.